The number of halogens is 2. The van der Waals surface area contributed by atoms with E-state index in [2.05, 4.69) is 10.1 Å². The van der Waals surface area contributed by atoms with Crippen LogP contribution in [0.15, 0.2) is 53.1 Å². The zero-order valence-corrected chi connectivity index (χ0v) is 12.5. The Hall–Kier alpha value is -2.46. The Labute approximate surface area is 132 Å². The van der Waals surface area contributed by atoms with E-state index < -0.39 is 0 Å². The summed E-state index contributed by atoms with van der Waals surface area (Å²) in [7, 11) is 0. The molecular weight excluding hydrogens is 303 g/mol. The van der Waals surface area contributed by atoms with E-state index in [1.807, 2.05) is 31.2 Å². The van der Waals surface area contributed by atoms with E-state index in [4.69, 9.17) is 16.1 Å². The molecule has 1 heterocycles. The number of nitrogens with zero attached hydrogens (tertiary/aromatic N) is 2. The standard InChI is InChI=1S/C17H12ClFN2O/c1-11-3-2-4-12(9-11)10-15(18)17-20-16(21-22-17)13-5-7-14(19)8-6-13/h2-10H,1H3/b15-10-. The summed E-state index contributed by atoms with van der Waals surface area (Å²) >= 11 is 6.22. The van der Waals surface area contributed by atoms with Gasteiger partial charge in [0.1, 0.15) is 10.8 Å². The minimum absolute atomic E-state index is 0.225. The zero-order valence-electron chi connectivity index (χ0n) is 11.8. The summed E-state index contributed by atoms with van der Waals surface area (Å²) in [5, 5.41) is 4.22. The highest BCUT2D eigenvalue weighted by molar-refractivity contribution is 6.50. The van der Waals surface area contributed by atoms with Gasteiger partial charge >= 0.3 is 0 Å². The molecule has 0 unspecified atom stereocenters. The summed E-state index contributed by atoms with van der Waals surface area (Å²) in [6.45, 7) is 2.00. The first-order valence-corrected chi connectivity index (χ1v) is 7.03. The smallest absolute Gasteiger partial charge is 0.269 e. The molecule has 1 aromatic heterocycles. The maximum absolute atomic E-state index is 12.9. The first-order valence-electron chi connectivity index (χ1n) is 6.66. The van der Waals surface area contributed by atoms with E-state index in [0.717, 1.165) is 11.1 Å². The van der Waals surface area contributed by atoms with Crippen molar-refractivity contribution in [3.63, 3.8) is 0 Å². The minimum atomic E-state index is -0.315. The van der Waals surface area contributed by atoms with Gasteiger partial charge in [-0.1, -0.05) is 46.6 Å². The second-order valence-corrected chi connectivity index (χ2v) is 5.24. The van der Waals surface area contributed by atoms with Crippen molar-refractivity contribution in [1.29, 1.82) is 0 Å². The molecule has 0 N–H and O–H groups in total. The molecule has 0 bridgehead atoms. The monoisotopic (exact) mass is 314 g/mol. The van der Waals surface area contributed by atoms with E-state index in [1.54, 1.807) is 18.2 Å². The van der Waals surface area contributed by atoms with E-state index >= 15 is 0 Å². The number of rotatable bonds is 3. The molecule has 0 fully saturated rings. The lowest BCUT2D eigenvalue weighted by Gasteiger charge is -1.96. The van der Waals surface area contributed by atoms with Crippen molar-refractivity contribution in [3.05, 3.63) is 71.4 Å². The van der Waals surface area contributed by atoms with Gasteiger partial charge in [-0.2, -0.15) is 4.98 Å². The maximum atomic E-state index is 12.9. The maximum Gasteiger partial charge on any atom is 0.269 e. The lowest BCUT2D eigenvalue weighted by Crippen LogP contribution is -1.83. The van der Waals surface area contributed by atoms with Crippen molar-refractivity contribution < 1.29 is 8.91 Å². The molecule has 3 nitrogen and oxygen atoms in total. The Morgan fingerprint density at radius 3 is 2.68 bits per heavy atom. The average Bonchev–Trinajstić information content (AvgIpc) is 2.98. The highest BCUT2D eigenvalue weighted by Crippen LogP contribution is 2.24. The largest absolute Gasteiger partial charge is 0.333 e. The van der Waals surface area contributed by atoms with Crippen LogP contribution in [-0.4, -0.2) is 10.1 Å². The quantitative estimate of drug-likeness (QED) is 0.688. The van der Waals surface area contributed by atoms with Crippen LogP contribution in [-0.2, 0) is 0 Å². The summed E-state index contributed by atoms with van der Waals surface area (Å²) in [4.78, 5) is 4.23. The molecule has 0 saturated carbocycles. The van der Waals surface area contributed by atoms with Gasteiger partial charge in [0.2, 0.25) is 5.82 Å². The first-order chi connectivity index (χ1) is 10.6. The molecule has 0 amide bonds. The van der Waals surface area contributed by atoms with Crippen molar-refractivity contribution in [1.82, 2.24) is 10.1 Å². The van der Waals surface area contributed by atoms with Gasteiger partial charge in [-0.3, -0.25) is 0 Å². The summed E-state index contributed by atoms with van der Waals surface area (Å²) in [6, 6.07) is 13.7. The van der Waals surface area contributed by atoms with E-state index in [-0.39, 0.29) is 11.7 Å². The van der Waals surface area contributed by atoms with Crippen LogP contribution in [0.2, 0.25) is 0 Å². The number of hydrogen-bond donors (Lipinski definition) is 0. The molecule has 3 rings (SSSR count). The van der Waals surface area contributed by atoms with Gasteiger partial charge in [0.05, 0.1) is 0 Å². The van der Waals surface area contributed by atoms with Gasteiger partial charge < -0.3 is 4.52 Å². The van der Waals surface area contributed by atoms with Crippen LogP contribution in [0.3, 0.4) is 0 Å². The third kappa shape index (κ3) is 3.23. The van der Waals surface area contributed by atoms with Crippen molar-refractivity contribution in [3.8, 4) is 11.4 Å². The molecule has 22 heavy (non-hydrogen) atoms. The molecule has 0 atom stereocenters. The number of hydrogen-bond acceptors (Lipinski definition) is 3. The van der Waals surface area contributed by atoms with Crippen LogP contribution >= 0.6 is 11.6 Å². The molecule has 0 spiro atoms. The third-order valence-electron chi connectivity index (χ3n) is 3.07. The molecule has 2 aromatic carbocycles. The summed E-state index contributed by atoms with van der Waals surface area (Å²) in [5.74, 6) is 0.276. The van der Waals surface area contributed by atoms with Gasteiger partial charge in [0.25, 0.3) is 5.89 Å². The molecule has 0 aliphatic heterocycles. The van der Waals surface area contributed by atoms with Crippen molar-refractivity contribution in [2.24, 2.45) is 0 Å². The van der Waals surface area contributed by atoms with Gasteiger partial charge in [-0.05, 0) is 42.8 Å². The second-order valence-electron chi connectivity index (χ2n) is 4.84. The fourth-order valence-electron chi connectivity index (χ4n) is 2.00. The Morgan fingerprint density at radius 1 is 1.18 bits per heavy atom. The molecule has 0 saturated heterocycles. The van der Waals surface area contributed by atoms with Gasteiger partial charge in [-0.15, -0.1) is 0 Å². The Morgan fingerprint density at radius 2 is 1.95 bits per heavy atom. The fraction of sp³-hybridized carbons (Fsp3) is 0.0588. The summed E-state index contributed by atoms with van der Waals surface area (Å²) in [5.41, 5.74) is 2.75. The Kier molecular flexibility index (Phi) is 4.02. The van der Waals surface area contributed by atoms with Crippen molar-refractivity contribution in [2.45, 2.75) is 6.92 Å². The van der Waals surface area contributed by atoms with E-state index in [0.29, 0.717) is 16.4 Å². The molecule has 0 radical (unpaired) electrons. The van der Waals surface area contributed by atoms with Crippen LogP contribution in [0, 0.1) is 12.7 Å². The zero-order chi connectivity index (χ0) is 15.5. The average molecular weight is 315 g/mol. The normalized spacial score (nSPS) is 11.7. The molecular formula is C17H12ClFN2O. The van der Waals surface area contributed by atoms with Crippen molar-refractivity contribution in [2.75, 3.05) is 0 Å². The van der Waals surface area contributed by atoms with Gasteiger partial charge in [0, 0.05) is 5.56 Å². The molecule has 0 aliphatic carbocycles. The van der Waals surface area contributed by atoms with Crippen molar-refractivity contribution >= 4 is 22.7 Å². The molecule has 3 aromatic rings. The molecule has 110 valence electrons. The highest BCUT2D eigenvalue weighted by Gasteiger charge is 2.11. The highest BCUT2D eigenvalue weighted by atomic mass is 35.5. The second kappa shape index (κ2) is 6.12. The predicted molar refractivity (Wildman–Crippen MR) is 84.6 cm³/mol. The fourth-order valence-corrected chi connectivity index (χ4v) is 2.21. The molecule has 5 heteroatoms. The number of aryl methyl sites for hydroxylation is 1. The SMILES string of the molecule is Cc1cccc(/C=C(\Cl)c2nc(-c3ccc(F)cc3)no2)c1. The first kappa shape index (κ1) is 14.5. The Bertz CT molecular complexity index is 825. The summed E-state index contributed by atoms with van der Waals surface area (Å²) < 4.78 is 18.1. The summed E-state index contributed by atoms with van der Waals surface area (Å²) in [6.07, 6.45) is 1.76. The number of benzene rings is 2. The van der Waals surface area contributed by atoms with Crippen LogP contribution in [0.25, 0.3) is 22.5 Å². The van der Waals surface area contributed by atoms with Crippen LogP contribution in [0.5, 0.6) is 0 Å². The molecule has 0 aliphatic rings. The third-order valence-corrected chi connectivity index (χ3v) is 3.34. The van der Waals surface area contributed by atoms with Crippen LogP contribution in [0.1, 0.15) is 17.0 Å². The topological polar surface area (TPSA) is 38.9 Å². The predicted octanol–water partition coefficient (Wildman–Crippen LogP) is 4.92. The minimum Gasteiger partial charge on any atom is -0.333 e. The lowest BCUT2D eigenvalue weighted by atomic mass is 10.1. The van der Waals surface area contributed by atoms with Crippen LogP contribution in [0.4, 0.5) is 4.39 Å². The Balaban J connectivity index is 1.88. The van der Waals surface area contributed by atoms with Gasteiger partial charge in [0.15, 0.2) is 0 Å². The number of aromatic nitrogens is 2. The van der Waals surface area contributed by atoms with E-state index in [1.165, 1.54) is 12.1 Å². The van der Waals surface area contributed by atoms with E-state index in [9.17, 15) is 4.39 Å². The lowest BCUT2D eigenvalue weighted by molar-refractivity contribution is 0.410. The van der Waals surface area contributed by atoms with Gasteiger partial charge in [-0.25, -0.2) is 4.39 Å². The van der Waals surface area contributed by atoms with Crippen LogP contribution < -0.4 is 0 Å².